The van der Waals surface area contributed by atoms with E-state index < -0.39 is 23.4 Å². The predicted molar refractivity (Wildman–Crippen MR) is 85.4 cm³/mol. The first kappa shape index (κ1) is 15.9. The first-order chi connectivity index (χ1) is 11.2. The second kappa shape index (κ2) is 7.06. The SMILES string of the molecule is N[C@H](c1ccc(F)c(Oc2ccccc2)c1F)[C@@H]1CCCNC1. The van der Waals surface area contributed by atoms with Crippen molar-refractivity contribution in [3.8, 4) is 11.5 Å². The molecule has 0 spiro atoms. The Morgan fingerprint density at radius 2 is 1.91 bits per heavy atom. The zero-order valence-electron chi connectivity index (χ0n) is 12.8. The molecule has 0 unspecified atom stereocenters. The molecule has 0 saturated carbocycles. The van der Waals surface area contributed by atoms with Crippen molar-refractivity contribution in [2.75, 3.05) is 13.1 Å². The highest BCUT2D eigenvalue weighted by molar-refractivity contribution is 5.38. The summed E-state index contributed by atoms with van der Waals surface area (Å²) in [7, 11) is 0. The minimum absolute atomic E-state index is 0.133. The molecule has 1 fully saturated rings. The molecule has 3 N–H and O–H groups in total. The average Bonchev–Trinajstić information content (AvgIpc) is 2.60. The van der Waals surface area contributed by atoms with E-state index in [1.807, 2.05) is 6.07 Å². The van der Waals surface area contributed by atoms with Crippen molar-refractivity contribution in [1.29, 1.82) is 0 Å². The molecular formula is C18H20F2N2O. The van der Waals surface area contributed by atoms with Gasteiger partial charge < -0.3 is 15.8 Å². The van der Waals surface area contributed by atoms with Crippen LogP contribution in [0, 0.1) is 17.6 Å². The fraction of sp³-hybridized carbons (Fsp3) is 0.333. The van der Waals surface area contributed by atoms with Crippen LogP contribution in [0.3, 0.4) is 0 Å². The molecule has 0 aromatic heterocycles. The molecular weight excluding hydrogens is 298 g/mol. The van der Waals surface area contributed by atoms with Gasteiger partial charge in [-0.25, -0.2) is 8.78 Å². The monoisotopic (exact) mass is 318 g/mol. The molecule has 3 rings (SSSR count). The van der Waals surface area contributed by atoms with Crippen molar-refractivity contribution >= 4 is 0 Å². The van der Waals surface area contributed by atoms with E-state index in [-0.39, 0.29) is 5.92 Å². The van der Waals surface area contributed by atoms with Gasteiger partial charge in [-0.05, 0) is 50.0 Å². The predicted octanol–water partition coefficient (Wildman–Crippen LogP) is 3.76. The maximum Gasteiger partial charge on any atom is 0.198 e. The molecule has 1 saturated heterocycles. The van der Waals surface area contributed by atoms with Crippen LogP contribution >= 0.6 is 0 Å². The highest BCUT2D eigenvalue weighted by atomic mass is 19.1. The number of ether oxygens (including phenoxy) is 1. The van der Waals surface area contributed by atoms with Crippen LogP contribution in [0.15, 0.2) is 42.5 Å². The average molecular weight is 318 g/mol. The van der Waals surface area contributed by atoms with E-state index in [9.17, 15) is 8.78 Å². The van der Waals surface area contributed by atoms with Gasteiger partial charge in [0.25, 0.3) is 0 Å². The topological polar surface area (TPSA) is 47.3 Å². The van der Waals surface area contributed by atoms with E-state index >= 15 is 0 Å². The fourth-order valence-corrected chi connectivity index (χ4v) is 2.94. The van der Waals surface area contributed by atoms with E-state index in [1.54, 1.807) is 24.3 Å². The molecule has 3 nitrogen and oxygen atoms in total. The maximum atomic E-state index is 14.8. The smallest absolute Gasteiger partial charge is 0.198 e. The molecule has 5 heteroatoms. The lowest BCUT2D eigenvalue weighted by Crippen LogP contribution is -2.36. The van der Waals surface area contributed by atoms with Crippen molar-refractivity contribution in [1.82, 2.24) is 5.32 Å². The molecule has 0 radical (unpaired) electrons. The number of hydrogen-bond acceptors (Lipinski definition) is 3. The molecule has 0 aliphatic carbocycles. The Labute approximate surface area is 134 Å². The summed E-state index contributed by atoms with van der Waals surface area (Å²) >= 11 is 0. The Morgan fingerprint density at radius 1 is 1.13 bits per heavy atom. The van der Waals surface area contributed by atoms with E-state index in [0.717, 1.165) is 25.9 Å². The van der Waals surface area contributed by atoms with Crippen molar-refractivity contribution in [3.63, 3.8) is 0 Å². The summed E-state index contributed by atoms with van der Waals surface area (Å²) in [5.74, 6) is -1.33. The number of para-hydroxylation sites is 1. The van der Waals surface area contributed by atoms with Crippen LogP contribution < -0.4 is 15.8 Å². The van der Waals surface area contributed by atoms with Gasteiger partial charge in [-0.2, -0.15) is 0 Å². The fourth-order valence-electron chi connectivity index (χ4n) is 2.94. The third kappa shape index (κ3) is 3.51. The van der Waals surface area contributed by atoms with Crippen LogP contribution in [0.4, 0.5) is 8.78 Å². The first-order valence-electron chi connectivity index (χ1n) is 7.84. The van der Waals surface area contributed by atoms with Crippen LogP contribution in [0.1, 0.15) is 24.4 Å². The number of hydrogen-bond donors (Lipinski definition) is 2. The van der Waals surface area contributed by atoms with Gasteiger partial charge in [0.1, 0.15) is 5.75 Å². The number of piperidine rings is 1. The maximum absolute atomic E-state index is 14.8. The zero-order chi connectivity index (χ0) is 16.2. The molecule has 122 valence electrons. The van der Waals surface area contributed by atoms with E-state index in [4.69, 9.17) is 10.5 Å². The Bertz CT molecular complexity index is 658. The van der Waals surface area contributed by atoms with Crippen molar-refractivity contribution in [2.24, 2.45) is 11.7 Å². The molecule has 1 aliphatic rings. The van der Waals surface area contributed by atoms with Gasteiger partial charge in [0.05, 0.1) is 0 Å². The number of rotatable bonds is 4. The lowest BCUT2D eigenvalue weighted by Gasteiger charge is -2.29. The second-order valence-electron chi connectivity index (χ2n) is 5.83. The number of nitrogens with one attached hydrogen (secondary N) is 1. The molecule has 1 aliphatic heterocycles. The summed E-state index contributed by atoms with van der Waals surface area (Å²) in [4.78, 5) is 0. The van der Waals surface area contributed by atoms with E-state index in [1.165, 1.54) is 12.1 Å². The number of benzene rings is 2. The van der Waals surface area contributed by atoms with Crippen LogP contribution in [0.25, 0.3) is 0 Å². The standard InChI is InChI=1S/C18H20F2N2O/c19-15-9-8-14(17(21)12-5-4-10-22-11-12)16(20)18(15)23-13-6-2-1-3-7-13/h1-3,6-9,12,17,22H,4-5,10-11,21H2/t12-,17+/m1/s1. The minimum Gasteiger partial charge on any atom is -0.451 e. The normalized spacial score (nSPS) is 19.3. The highest BCUT2D eigenvalue weighted by Gasteiger charge is 2.26. The minimum atomic E-state index is -0.732. The van der Waals surface area contributed by atoms with Gasteiger partial charge >= 0.3 is 0 Å². The van der Waals surface area contributed by atoms with Crippen molar-refractivity contribution < 1.29 is 13.5 Å². The summed E-state index contributed by atoms with van der Waals surface area (Å²) in [5.41, 5.74) is 6.52. The second-order valence-corrected chi connectivity index (χ2v) is 5.83. The molecule has 1 heterocycles. The molecule has 2 atom stereocenters. The van der Waals surface area contributed by atoms with Crippen molar-refractivity contribution in [3.05, 3.63) is 59.7 Å². The molecule has 0 bridgehead atoms. The summed E-state index contributed by atoms with van der Waals surface area (Å²) in [6.45, 7) is 1.70. The Balaban J connectivity index is 1.88. The lowest BCUT2D eigenvalue weighted by atomic mass is 9.87. The zero-order valence-corrected chi connectivity index (χ0v) is 12.8. The van der Waals surface area contributed by atoms with E-state index in [0.29, 0.717) is 11.3 Å². The number of nitrogens with two attached hydrogens (primary N) is 1. The summed E-state index contributed by atoms with van der Waals surface area (Å²) in [6, 6.07) is 10.7. The first-order valence-corrected chi connectivity index (χ1v) is 7.84. The Hall–Kier alpha value is -1.98. The van der Waals surface area contributed by atoms with Gasteiger partial charge in [-0.1, -0.05) is 24.3 Å². The van der Waals surface area contributed by atoms with Gasteiger partial charge in [0.2, 0.25) is 0 Å². The molecule has 2 aromatic rings. The van der Waals surface area contributed by atoms with Gasteiger partial charge in [-0.15, -0.1) is 0 Å². The Morgan fingerprint density at radius 3 is 2.61 bits per heavy atom. The third-order valence-corrected chi connectivity index (χ3v) is 4.24. The van der Waals surface area contributed by atoms with Gasteiger partial charge in [0, 0.05) is 11.6 Å². The third-order valence-electron chi connectivity index (χ3n) is 4.24. The summed E-state index contributed by atoms with van der Waals surface area (Å²) < 4.78 is 34.2. The largest absolute Gasteiger partial charge is 0.451 e. The highest BCUT2D eigenvalue weighted by Crippen LogP contribution is 2.34. The summed E-state index contributed by atoms with van der Waals surface area (Å²) in [5, 5.41) is 3.26. The Kier molecular flexibility index (Phi) is 4.88. The van der Waals surface area contributed by atoms with Crippen LogP contribution in [-0.2, 0) is 0 Å². The molecule has 23 heavy (non-hydrogen) atoms. The van der Waals surface area contributed by atoms with Crippen LogP contribution in [0.2, 0.25) is 0 Å². The quantitative estimate of drug-likeness (QED) is 0.902. The molecule has 0 amide bonds. The van der Waals surface area contributed by atoms with Crippen LogP contribution in [-0.4, -0.2) is 13.1 Å². The van der Waals surface area contributed by atoms with Gasteiger partial charge in [0.15, 0.2) is 17.4 Å². The van der Waals surface area contributed by atoms with Crippen LogP contribution in [0.5, 0.6) is 11.5 Å². The van der Waals surface area contributed by atoms with E-state index in [2.05, 4.69) is 5.32 Å². The van der Waals surface area contributed by atoms with Gasteiger partial charge in [-0.3, -0.25) is 0 Å². The molecule has 2 aromatic carbocycles. The summed E-state index contributed by atoms with van der Waals surface area (Å²) in [6.07, 6.45) is 1.94. The van der Waals surface area contributed by atoms with Crippen molar-refractivity contribution in [2.45, 2.75) is 18.9 Å². The number of halogens is 2. The lowest BCUT2D eigenvalue weighted by molar-refractivity contribution is 0.317.